The van der Waals surface area contributed by atoms with Crippen molar-refractivity contribution < 1.29 is 4.79 Å². The van der Waals surface area contributed by atoms with Crippen molar-refractivity contribution in [1.29, 1.82) is 0 Å². The lowest BCUT2D eigenvalue weighted by Crippen LogP contribution is -1.78. The molecular formula is C9H10O. The van der Waals surface area contributed by atoms with E-state index in [0.717, 1.165) is 12.8 Å². The molecule has 0 aliphatic heterocycles. The van der Waals surface area contributed by atoms with Crippen LogP contribution in [0.25, 0.3) is 0 Å². The Hall–Kier alpha value is -1.21. The van der Waals surface area contributed by atoms with Crippen LogP contribution in [0.2, 0.25) is 0 Å². The van der Waals surface area contributed by atoms with Gasteiger partial charge in [0, 0.05) is 13.3 Å². The van der Waals surface area contributed by atoms with Crippen LogP contribution in [0.3, 0.4) is 0 Å². The third-order valence-corrected chi connectivity index (χ3v) is 0.764. The van der Waals surface area contributed by atoms with Crippen LogP contribution in [0.4, 0.5) is 0 Å². The summed E-state index contributed by atoms with van der Waals surface area (Å²) in [6.45, 7) is 3.47. The van der Waals surface area contributed by atoms with Gasteiger partial charge in [0.05, 0.1) is 0 Å². The fourth-order valence-electron chi connectivity index (χ4n) is 0.351. The summed E-state index contributed by atoms with van der Waals surface area (Å²) in [5.41, 5.74) is 0. The Morgan fingerprint density at radius 3 is 2.60 bits per heavy atom. The van der Waals surface area contributed by atoms with Gasteiger partial charge in [0.25, 0.3) is 0 Å². The van der Waals surface area contributed by atoms with Crippen LogP contribution in [0.5, 0.6) is 0 Å². The molecule has 0 amide bonds. The summed E-state index contributed by atoms with van der Waals surface area (Å²) in [6, 6.07) is 0. The molecule has 0 rings (SSSR count). The van der Waals surface area contributed by atoms with E-state index in [2.05, 4.69) is 23.7 Å². The molecule has 52 valence electrons. The van der Waals surface area contributed by atoms with Gasteiger partial charge in [-0.1, -0.05) is 12.8 Å². The first-order chi connectivity index (χ1) is 4.77. The minimum absolute atomic E-state index is 0.134. The second-order valence-corrected chi connectivity index (χ2v) is 1.86. The van der Waals surface area contributed by atoms with Crippen LogP contribution in [0.15, 0.2) is 0 Å². The largest absolute Gasteiger partial charge is 0.285 e. The van der Waals surface area contributed by atoms with E-state index in [4.69, 9.17) is 0 Å². The summed E-state index contributed by atoms with van der Waals surface area (Å²) in [6.07, 6.45) is 1.89. The monoisotopic (exact) mass is 134 g/mol. The first-order valence-electron chi connectivity index (χ1n) is 3.26. The van der Waals surface area contributed by atoms with Crippen LogP contribution in [-0.2, 0) is 4.79 Å². The lowest BCUT2D eigenvalue weighted by atomic mass is 10.3. The molecule has 0 aromatic rings. The van der Waals surface area contributed by atoms with Crippen LogP contribution in [0.1, 0.15) is 26.7 Å². The standard InChI is InChI=1S/C9H10O/c1-3-4-5-6-7-8-9(2)10/h3-4H2,1-2H3. The van der Waals surface area contributed by atoms with E-state index in [-0.39, 0.29) is 5.78 Å². The normalized spacial score (nSPS) is 6.60. The summed E-state index contributed by atoms with van der Waals surface area (Å²) in [5.74, 6) is 10.1. The highest BCUT2D eigenvalue weighted by Crippen LogP contribution is 1.79. The van der Waals surface area contributed by atoms with Gasteiger partial charge >= 0.3 is 0 Å². The number of ketones is 1. The molecule has 0 radical (unpaired) electrons. The molecule has 0 heterocycles. The highest BCUT2D eigenvalue weighted by Gasteiger charge is 1.74. The van der Waals surface area contributed by atoms with Gasteiger partial charge in [-0.25, -0.2) is 0 Å². The number of hydrogen-bond donors (Lipinski definition) is 0. The fourth-order valence-corrected chi connectivity index (χ4v) is 0.351. The topological polar surface area (TPSA) is 17.1 Å². The van der Waals surface area contributed by atoms with E-state index in [1.807, 2.05) is 6.92 Å². The average Bonchev–Trinajstić information content (AvgIpc) is 1.87. The molecule has 0 N–H and O–H groups in total. The van der Waals surface area contributed by atoms with Gasteiger partial charge in [0.2, 0.25) is 5.78 Å². The Morgan fingerprint density at radius 2 is 2.10 bits per heavy atom. The van der Waals surface area contributed by atoms with Crippen molar-refractivity contribution in [3.05, 3.63) is 0 Å². The zero-order valence-corrected chi connectivity index (χ0v) is 6.32. The Morgan fingerprint density at radius 1 is 1.40 bits per heavy atom. The van der Waals surface area contributed by atoms with E-state index in [1.165, 1.54) is 6.92 Å². The minimum atomic E-state index is -0.134. The SMILES string of the molecule is CCCC#CC#CC(C)=O. The van der Waals surface area contributed by atoms with Crippen LogP contribution in [-0.4, -0.2) is 5.78 Å². The Balaban J connectivity index is 3.67. The number of hydrogen-bond acceptors (Lipinski definition) is 1. The summed E-state index contributed by atoms with van der Waals surface area (Å²) in [4.78, 5) is 10.2. The third-order valence-electron chi connectivity index (χ3n) is 0.764. The number of rotatable bonds is 1. The molecule has 10 heavy (non-hydrogen) atoms. The van der Waals surface area contributed by atoms with Crippen molar-refractivity contribution >= 4 is 5.78 Å². The van der Waals surface area contributed by atoms with E-state index in [1.54, 1.807) is 0 Å². The third kappa shape index (κ3) is 6.79. The molecule has 0 aliphatic carbocycles. The summed E-state index contributed by atoms with van der Waals surface area (Å²) < 4.78 is 0. The quantitative estimate of drug-likeness (QED) is 0.391. The number of unbranched alkanes of at least 4 members (excludes halogenated alkanes) is 1. The molecule has 0 aromatic heterocycles. The van der Waals surface area contributed by atoms with Crippen molar-refractivity contribution in [1.82, 2.24) is 0 Å². The Labute approximate surface area is 61.8 Å². The van der Waals surface area contributed by atoms with Gasteiger partial charge in [-0.3, -0.25) is 4.79 Å². The first-order valence-corrected chi connectivity index (χ1v) is 3.26. The number of carbonyl (C=O) groups excluding carboxylic acids is 1. The molecule has 0 unspecified atom stereocenters. The predicted molar refractivity (Wildman–Crippen MR) is 41.1 cm³/mol. The van der Waals surface area contributed by atoms with Gasteiger partial charge < -0.3 is 0 Å². The lowest BCUT2D eigenvalue weighted by molar-refractivity contribution is -0.111. The summed E-state index contributed by atoms with van der Waals surface area (Å²) in [5, 5.41) is 0. The maximum atomic E-state index is 10.2. The molecule has 0 aliphatic rings. The highest BCUT2D eigenvalue weighted by molar-refractivity contribution is 5.93. The second kappa shape index (κ2) is 5.92. The summed E-state index contributed by atoms with van der Waals surface area (Å²) in [7, 11) is 0. The Bertz CT molecular complexity index is 217. The predicted octanol–water partition coefficient (Wildman–Crippen LogP) is 1.38. The van der Waals surface area contributed by atoms with Crippen LogP contribution >= 0.6 is 0 Å². The Kier molecular flexibility index (Phi) is 5.20. The van der Waals surface area contributed by atoms with Gasteiger partial charge in [0.1, 0.15) is 0 Å². The van der Waals surface area contributed by atoms with Gasteiger partial charge in [-0.15, -0.1) is 0 Å². The lowest BCUT2D eigenvalue weighted by Gasteiger charge is -1.72. The van der Waals surface area contributed by atoms with Crippen molar-refractivity contribution in [2.45, 2.75) is 26.7 Å². The molecule has 1 heteroatoms. The van der Waals surface area contributed by atoms with Crippen molar-refractivity contribution in [3.63, 3.8) is 0 Å². The van der Waals surface area contributed by atoms with Gasteiger partial charge in [0.15, 0.2) is 0 Å². The van der Waals surface area contributed by atoms with Gasteiger partial charge in [-0.2, -0.15) is 0 Å². The van der Waals surface area contributed by atoms with E-state index >= 15 is 0 Å². The molecule has 0 spiro atoms. The van der Waals surface area contributed by atoms with Crippen LogP contribution < -0.4 is 0 Å². The average molecular weight is 134 g/mol. The highest BCUT2D eigenvalue weighted by atomic mass is 16.1. The maximum Gasteiger partial charge on any atom is 0.203 e. The molecule has 0 saturated heterocycles. The molecule has 0 bridgehead atoms. The molecule has 0 atom stereocenters. The fraction of sp³-hybridized carbons (Fsp3) is 0.444. The second-order valence-electron chi connectivity index (χ2n) is 1.86. The zero-order valence-electron chi connectivity index (χ0n) is 6.32. The number of Topliss-reactive ketones (excluding diaryl/α,β-unsaturated/α-hetero) is 1. The van der Waals surface area contributed by atoms with E-state index in [9.17, 15) is 4.79 Å². The van der Waals surface area contributed by atoms with Crippen molar-refractivity contribution in [2.24, 2.45) is 0 Å². The summed E-state index contributed by atoms with van der Waals surface area (Å²) >= 11 is 0. The number of carbonyl (C=O) groups is 1. The van der Waals surface area contributed by atoms with Crippen molar-refractivity contribution in [2.75, 3.05) is 0 Å². The smallest absolute Gasteiger partial charge is 0.203 e. The van der Waals surface area contributed by atoms with Gasteiger partial charge in [-0.05, 0) is 24.2 Å². The van der Waals surface area contributed by atoms with E-state index < -0.39 is 0 Å². The molecule has 1 nitrogen and oxygen atoms in total. The molecular weight excluding hydrogens is 124 g/mol. The van der Waals surface area contributed by atoms with Crippen molar-refractivity contribution in [3.8, 4) is 23.7 Å². The minimum Gasteiger partial charge on any atom is -0.285 e. The zero-order chi connectivity index (χ0) is 7.82. The van der Waals surface area contributed by atoms with Crippen LogP contribution in [0, 0.1) is 23.7 Å². The molecule has 0 aromatic carbocycles. The maximum absolute atomic E-state index is 10.2. The molecule has 0 saturated carbocycles. The molecule has 0 fully saturated rings. The first kappa shape index (κ1) is 8.79. The van der Waals surface area contributed by atoms with E-state index in [0.29, 0.717) is 0 Å².